The fourth-order valence-electron chi connectivity index (χ4n) is 3.55. The zero-order valence-electron chi connectivity index (χ0n) is 13.8. The minimum absolute atomic E-state index is 0.133. The number of methoxy groups -OCH3 is 1. The van der Waals surface area contributed by atoms with Crippen molar-refractivity contribution >= 4 is 23.0 Å². The highest BCUT2D eigenvalue weighted by Crippen LogP contribution is 2.39. The zero-order valence-corrected chi connectivity index (χ0v) is 14.7. The maximum absolute atomic E-state index is 5.48. The lowest BCUT2D eigenvalue weighted by Gasteiger charge is -2.36. The van der Waals surface area contributed by atoms with Gasteiger partial charge in [0.1, 0.15) is 5.75 Å². The van der Waals surface area contributed by atoms with Gasteiger partial charge in [-0.25, -0.2) is 0 Å². The Kier molecular flexibility index (Phi) is 3.77. The fraction of sp³-hybridized carbons (Fsp3) is 0.250. The van der Waals surface area contributed by atoms with E-state index >= 15 is 0 Å². The van der Waals surface area contributed by atoms with Gasteiger partial charge in [0.15, 0.2) is 5.11 Å². The molecule has 1 heterocycles. The Labute approximate surface area is 147 Å². The van der Waals surface area contributed by atoms with E-state index in [0.29, 0.717) is 5.11 Å². The largest absolute Gasteiger partial charge is 0.497 e. The normalized spacial score (nSPS) is 19.1. The van der Waals surface area contributed by atoms with Crippen LogP contribution in [0.5, 0.6) is 5.75 Å². The molecule has 2 aromatic rings. The number of fused-ring (bicyclic) bond motifs is 2. The second-order valence-corrected chi connectivity index (χ2v) is 6.77. The maximum atomic E-state index is 5.48. The molecule has 0 bridgehead atoms. The molecule has 1 aliphatic heterocycles. The molecule has 0 aromatic heterocycles. The first kappa shape index (κ1) is 15.2. The number of nitrogens with one attached hydrogen (secondary N) is 2. The van der Waals surface area contributed by atoms with Crippen LogP contribution in [0.1, 0.15) is 34.7 Å². The van der Waals surface area contributed by atoms with Gasteiger partial charge in [-0.1, -0.05) is 35.9 Å². The minimum atomic E-state index is 0.133. The van der Waals surface area contributed by atoms with E-state index < -0.39 is 0 Å². The van der Waals surface area contributed by atoms with Gasteiger partial charge in [0, 0.05) is 11.3 Å². The fourth-order valence-corrected chi connectivity index (χ4v) is 3.77. The smallest absolute Gasteiger partial charge is 0.171 e. The van der Waals surface area contributed by atoms with Crippen molar-refractivity contribution in [2.75, 3.05) is 7.11 Å². The molecule has 0 amide bonds. The number of ether oxygens (including phenoxy) is 1. The van der Waals surface area contributed by atoms with Crippen LogP contribution in [0.25, 0.3) is 5.70 Å². The minimum Gasteiger partial charge on any atom is -0.497 e. The molecule has 2 aliphatic rings. The Morgan fingerprint density at radius 1 is 1.08 bits per heavy atom. The average Bonchev–Trinajstić information content (AvgIpc) is 2.61. The van der Waals surface area contributed by atoms with E-state index in [4.69, 9.17) is 17.0 Å². The molecule has 0 saturated carbocycles. The van der Waals surface area contributed by atoms with Crippen LogP contribution in [0, 0.1) is 6.92 Å². The molecule has 1 aliphatic carbocycles. The van der Waals surface area contributed by atoms with Crippen molar-refractivity contribution in [2.24, 2.45) is 0 Å². The summed E-state index contributed by atoms with van der Waals surface area (Å²) in [6.45, 7) is 2.11. The number of thiocarbonyl (C=S) groups is 1. The molecule has 122 valence electrons. The van der Waals surface area contributed by atoms with Gasteiger partial charge in [-0.2, -0.15) is 0 Å². The van der Waals surface area contributed by atoms with Gasteiger partial charge >= 0.3 is 0 Å². The molecule has 0 spiro atoms. The summed E-state index contributed by atoms with van der Waals surface area (Å²) in [6.07, 6.45) is 2.06. The van der Waals surface area contributed by atoms with Crippen molar-refractivity contribution in [1.29, 1.82) is 0 Å². The van der Waals surface area contributed by atoms with E-state index in [0.717, 1.165) is 24.3 Å². The lowest BCUT2D eigenvalue weighted by atomic mass is 9.82. The summed E-state index contributed by atoms with van der Waals surface area (Å²) in [5.41, 5.74) is 7.58. The Bertz CT molecular complexity index is 839. The van der Waals surface area contributed by atoms with Crippen molar-refractivity contribution in [3.63, 3.8) is 0 Å². The van der Waals surface area contributed by atoms with Crippen LogP contribution >= 0.6 is 12.2 Å². The highest BCUT2D eigenvalue weighted by molar-refractivity contribution is 7.80. The van der Waals surface area contributed by atoms with Gasteiger partial charge in [-0.15, -0.1) is 0 Å². The molecule has 4 rings (SSSR count). The van der Waals surface area contributed by atoms with Gasteiger partial charge in [0.05, 0.1) is 13.2 Å². The van der Waals surface area contributed by atoms with E-state index in [1.165, 1.54) is 27.8 Å². The number of aryl methyl sites for hydroxylation is 2. The van der Waals surface area contributed by atoms with Crippen molar-refractivity contribution < 1.29 is 4.74 Å². The monoisotopic (exact) mass is 336 g/mol. The third-order valence-corrected chi connectivity index (χ3v) is 5.06. The summed E-state index contributed by atoms with van der Waals surface area (Å²) in [5.74, 6) is 0.876. The molecule has 2 aromatic carbocycles. The first-order valence-corrected chi connectivity index (χ1v) is 8.61. The maximum Gasteiger partial charge on any atom is 0.171 e. The van der Waals surface area contributed by atoms with E-state index in [1.807, 2.05) is 6.07 Å². The summed E-state index contributed by atoms with van der Waals surface area (Å²) in [4.78, 5) is 0. The average molecular weight is 336 g/mol. The molecule has 0 unspecified atom stereocenters. The molecule has 3 nitrogen and oxygen atoms in total. The van der Waals surface area contributed by atoms with E-state index in [-0.39, 0.29) is 6.04 Å². The van der Waals surface area contributed by atoms with Crippen molar-refractivity contribution in [3.05, 3.63) is 70.3 Å². The second-order valence-electron chi connectivity index (χ2n) is 6.37. The predicted molar refractivity (Wildman–Crippen MR) is 101 cm³/mol. The lowest BCUT2D eigenvalue weighted by Crippen LogP contribution is -2.44. The van der Waals surface area contributed by atoms with Crippen LogP contribution in [-0.4, -0.2) is 12.2 Å². The molecule has 0 fully saturated rings. The summed E-state index contributed by atoms with van der Waals surface area (Å²) < 4.78 is 5.41. The first-order chi connectivity index (χ1) is 11.7. The third kappa shape index (κ3) is 2.57. The van der Waals surface area contributed by atoms with Crippen LogP contribution in [0.3, 0.4) is 0 Å². The van der Waals surface area contributed by atoms with Crippen LogP contribution < -0.4 is 15.4 Å². The van der Waals surface area contributed by atoms with Gasteiger partial charge in [-0.05, 0) is 60.8 Å². The summed E-state index contributed by atoms with van der Waals surface area (Å²) in [7, 11) is 1.70. The highest BCUT2D eigenvalue weighted by Gasteiger charge is 2.30. The van der Waals surface area contributed by atoms with E-state index in [9.17, 15) is 0 Å². The molecule has 1 atom stereocenters. The highest BCUT2D eigenvalue weighted by atomic mass is 32.1. The SMILES string of the molecule is COc1ccc2c(c1)C1=C(CC2)[C@@H](c2ccc(C)cc2)NC(=S)N1. The first-order valence-electron chi connectivity index (χ1n) is 8.20. The number of rotatable bonds is 2. The van der Waals surface area contributed by atoms with Crippen molar-refractivity contribution in [2.45, 2.75) is 25.8 Å². The molecular weight excluding hydrogens is 316 g/mol. The van der Waals surface area contributed by atoms with Crippen molar-refractivity contribution in [1.82, 2.24) is 10.6 Å². The van der Waals surface area contributed by atoms with Gasteiger partial charge in [0.25, 0.3) is 0 Å². The summed E-state index contributed by atoms with van der Waals surface area (Å²) in [5, 5.41) is 7.50. The molecule has 0 saturated heterocycles. The van der Waals surface area contributed by atoms with Gasteiger partial charge in [-0.3, -0.25) is 0 Å². The molecule has 4 heteroatoms. The number of benzene rings is 2. The molecule has 2 N–H and O–H groups in total. The molecule has 24 heavy (non-hydrogen) atoms. The molecule has 0 radical (unpaired) electrons. The zero-order chi connectivity index (χ0) is 16.7. The van der Waals surface area contributed by atoms with Crippen molar-refractivity contribution in [3.8, 4) is 5.75 Å². The van der Waals surface area contributed by atoms with Crippen LogP contribution in [0.4, 0.5) is 0 Å². The van der Waals surface area contributed by atoms with Gasteiger partial charge < -0.3 is 15.4 Å². The Morgan fingerprint density at radius 3 is 2.62 bits per heavy atom. The number of hydrogen-bond donors (Lipinski definition) is 2. The van der Waals surface area contributed by atoms with Crippen LogP contribution in [-0.2, 0) is 6.42 Å². The lowest BCUT2D eigenvalue weighted by molar-refractivity contribution is 0.414. The van der Waals surface area contributed by atoms with E-state index in [2.05, 4.69) is 54.0 Å². The van der Waals surface area contributed by atoms with Gasteiger partial charge in [0.2, 0.25) is 0 Å². The van der Waals surface area contributed by atoms with Crippen LogP contribution in [0.15, 0.2) is 48.0 Å². The quantitative estimate of drug-likeness (QED) is 0.816. The standard InChI is InChI=1S/C20H20N2OS/c1-12-3-5-14(6-4-12)18-16-10-8-13-7-9-15(23-2)11-17(13)19(16)22-20(24)21-18/h3-7,9,11,18H,8,10H2,1-2H3,(H2,21,22,24)/t18-/m1/s1. The second kappa shape index (κ2) is 5.95. The Morgan fingerprint density at radius 2 is 1.88 bits per heavy atom. The topological polar surface area (TPSA) is 33.3 Å². The molecular formula is C20H20N2OS. The number of hydrogen-bond acceptors (Lipinski definition) is 2. The summed E-state index contributed by atoms with van der Waals surface area (Å²) in [6, 6.07) is 15.1. The Hall–Kier alpha value is -2.33. The summed E-state index contributed by atoms with van der Waals surface area (Å²) >= 11 is 5.48. The predicted octanol–water partition coefficient (Wildman–Crippen LogP) is 3.88. The Balaban J connectivity index is 1.83. The third-order valence-electron chi connectivity index (χ3n) is 4.84. The van der Waals surface area contributed by atoms with E-state index in [1.54, 1.807) is 7.11 Å². The van der Waals surface area contributed by atoms with Crippen LogP contribution in [0.2, 0.25) is 0 Å².